The average molecular weight is 445 g/mol. The van der Waals surface area contributed by atoms with Crippen molar-refractivity contribution in [1.82, 2.24) is 14.7 Å². The van der Waals surface area contributed by atoms with Gasteiger partial charge in [-0.2, -0.15) is 0 Å². The minimum absolute atomic E-state index is 0.0847. The van der Waals surface area contributed by atoms with Crippen LogP contribution < -0.4 is 9.62 Å². The monoisotopic (exact) mass is 444 g/mol. The van der Waals surface area contributed by atoms with E-state index in [2.05, 4.69) is 25.7 Å². The Balaban J connectivity index is 1.34. The topological polar surface area (TPSA) is 84.4 Å². The molecule has 1 saturated heterocycles. The molecule has 1 saturated carbocycles. The number of piperidine rings is 1. The fourth-order valence-corrected chi connectivity index (χ4v) is 5.68. The molecule has 2 atom stereocenters. The first-order chi connectivity index (χ1) is 15.0. The number of aromatic nitrogens is 2. The van der Waals surface area contributed by atoms with E-state index in [-0.39, 0.29) is 18.1 Å². The molecule has 0 spiro atoms. The van der Waals surface area contributed by atoms with Gasteiger partial charge in [0.1, 0.15) is 5.82 Å². The molecule has 2 aliphatic rings. The molecule has 1 aliphatic carbocycles. The van der Waals surface area contributed by atoms with Crippen molar-refractivity contribution in [3.63, 3.8) is 0 Å². The van der Waals surface area contributed by atoms with E-state index in [1.54, 1.807) is 6.20 Å². The predicted molar refractivity (Wildman–Crippen MR) is 122 cm³/mol. The molecule has 0 aromatic carbocycles. The van der Waals surface area contributed by atoms with Crippen LogP contribution in [0.15, 0.2) is 48.9 Å². The first-order valence-corrected chi connectivity index (χ1v) is 13.0. The van der Waals surface area contributed by atoms with Crippen molar-refractivity contribution in [3.8, 4) is 0 Å². The smallest absolute Gasteiger partial charge is 0.208 e. The zero-order valence-electron chi connectivity index (χ0n) is 18.1. The van der Waals surface area contributed by atoms with Crippen LogP contribution in [0.4, 0.5) is 5.82 Å². The number of rotatable bonds is 7. The molecule has 3 heterocycles. The van der Waals surface area contributed by atoms with E-state index in [1.165, 1.54) is 11.8 Å². The van der Waals surface area contributed by atoms with Gasteiger partial charge in [-0.3, -0.25) is 4.98 Å². The largest absolute Gasteiger partial charge is 0.378 e. The maximum Gasteiger partial charge on any atom is 0.208 e. The molecule has 0 amide bonds. The minimum atomic E-state index is -3.27. The van der Waals surface area contributed by atoms with E-state index in [9.17, 15) is 8.42 Å². The summed E-state index contributed by atoms with van der Waals surface area (Å²) in [6.07, 6.45) is 12.1. The van der Waals surface area contributed by atoms with E-state index in [0.717, 1.165) is 51.0 Å². The number of nitrogens with one attached hydrogen (secondary N) is 1. The first-order valence-electron chi connectivity index (χ1n) is 11.1. The summed E-state index contributed by atoms with van der Waals surface area (Å²) in [6, 6.07) is 9.95. The minimum Gasteiger partial charge on any atom is -0.378 e. The molecule has 2 aromatic heterocycles. The highest BCUT2D eigenvalue weighted by atomic mass is 32.2. The Hall–Kier alpha value is -2.03. The standard InChI is InChI=1S/C23H32N4O3S/c1-31(28,29)26-22-11-14-27(23-6-2-3-13-25-23)16-20(22)17-30-21-9-7-18(8-10-21)19-5-4-12-24-15-19/h2-6,12-13,15,18,20-22,26H,7-11,14,16-17H2,1H3/t18?,20?,21?,22-/m0/s1. The lowest BCUT2D eigenvalue weighted by atomic mass is 9.83. The van der Waals surface area contributed by atoms with Gasteiger partial charge in [-0.15, -0.1) is 0 Å². The summed E-state index contributed by atoms with van der Waals surface area (Å²) in [5, 5.41) is 0. The Kier molecular flexibility index (Phi) is 7.20. The Morgan fingerprint density at radius 3 is 2.61 bits per heavy atom. The van der Waals surface area contributed by atoms with Crippen molar-refractivity contribution in [1.29, 1.82) is 0 Å². The van der Waals surface area contributed by atoms with Crippen molar-refractivity contribution >= 4 is 15.8 Å². The second kappa shape index (κ2) is 10.1. The zero-order valence-corrected chi connectivity index (χ0v) is 18.9. The van der Waals surface area contributed by atoms with Crippen LogP contribution in [0.25, 0.3) is 0 Å². The fraction of sp³-hybridized carbons (Fsp3) is 0.565. The van der Waals surface area contributed by atoms with Gasteiger partial charge in [0.2, 0.25) is 10.0 Å². The SMILES string of the molecule is CS(=O)(=O)N[C@H]1CCN(c2ccccn2)CC1COC1CCC(c2cccnc2)CC1. The summed E-state index contributed by atoms with van der Waals surface area (Å²) in [5.74, 6) is 1.58. The van der Waals surface area contributed by atoms with Gasteiger partial charge in [0.05, 0.1) is 19.0 Å². The summed E-state index contributed by atoms with van der Waals surface area (Å²) in [5.41, 5.74) is 1.32. The van der Waals surface area contributed by atoms with Crippen molar-refractivity contribution in [2.45, 2.75) is 50.2 Å². The molecular weight excluding hydrogens is 412 g/mol. The van der Waals surface area contributed by atoms with Crippen LogP contribution in [0.5, 0.6) is 0 Å². The molecule has 0 radical (unpaired) electrons. The summed E-state index contributed by atoms with van der Waals surface area (Å²) in [6.45, 7) is 2.06. The lowest BCUT2D eigenvalue weighted by molar-refractivity contribution is -0.00215. The number of hydrogen-bond acceptors (Lipinski definition) is 6. The average Bonchev–Trinajstić information content (AvgIpc) is 2.79. The van der Waals surface area contributed by atoms with Crippen molar-refractivity contribution in [2.24, 2.45) is 5.92 Å². The number of ether oxygens (including phenoxy) is 1. The highest BCUT2D eigenvalue weighted by Crippen LogP contribution is 2.34. The molecule has 1 aliphatic heterocycles. The molecule has 0 bridgehead atoms. The number of hydrogen-bond donors (Lipinski definition) is 1. The molecule has 1 N–H and O–H groups in total. The third-order valence-electron chi connectivity index (χ3n) is 6.45. The lowest BCUT2D eigenvalue weighted by Crippen LogP contribution is -2.52. The van der Waals surface area contributed by atoms with Gasteiger partial charge in [-0.1, -0.05) is 12.1 Å². The summed E-state index contributed by atoms with van der Waals surface area (Å²) < 4.78 is 33.0. The van der Waals surface area contributed by atoms with Gasteiger partial charge >= 0.3 is 0 Å². The summed E-state index contributed by atoms with van der Waals surface area (Å²) in [7, 11) is -3.27. The third kappa shape index (κ3) is 6.24. The third-order valence-corrected chi connectivity index (χ3v) is 7.18. The molecule has 2 fully saturated rings. The predicted octanol–water partition coefficient (Wildman–Crippen LogP) is 2.96. The molecule has 4 rings (SSSR count). The highest BCUT2D eigenvalue weighted by molar-refractivity contribution is 7.88. The number of anilines is 1. The van der Waals surface area contributed by atoms with E-state index in [4.69, 9.17) is 4.74 Å². The van der Waals surface area contributed by atoms with Crippen LogP contribution in [-0.4, -0.2) is 56.5 Å². The molecule has 31 heavy (non-hydrogen) atoms. The molecule has 8 heteroatoms. The summed E-state index contributed by atoms with van der Waals surface area (Å²) >= 11 is 0. The Labute approximate surface area is 185 Å². The number of sulfonamides is 1. The van der Waals surface area contributed by atoms with Gasteiger partial charge in [-0.25, -0.2) is 18.1 Å². The Morgan fingerprint density at radius 2 is 1.94 bits per heavy atom. The lowest BCUT2D eigenvalue weighted by Gasteiger charge is -2.40. The van der Waals surface area contributed by atoms with Crippen LogP contribution in [0.1, 0.15) is 43.6 Å². The maximum atomic E-state index is 11.9. The van der Waals surface area contributed by atoms with Gasteiger partial charge in [0, 0.05) is 43.6 Å². The van der Waals surface area contributed by atoms with Crippen molar-refractivity contribution in [3.05, 3.63) is 54.5 Å². The molecular formula is C23H32N4O3S. The van der Waals surface area contributed by atoms with E-state index < -0.39 is 10.0 Å². The van der Waals surface area contributed by atoms with Crippen LogP contribution >= 0.6 is 0 Å². The number of pyridine rings is 2. The van der Waals surface area contributed by atoms with Crippen LogP contribution in [0.3, 0.4) is 0 Å². The van der Waals surface area contributed by atoms with E-state index in [1.807, 2.05) is 36.7 Å². The van der Waals surface area contributed by atoms with Crippen LogP contribution in [0, 0.1) is 5.92 Å². The maximum absolute atomic E-state index is 11.9. The van der Waals surface area contributed by atoms with E-state index >= 15 is 0 Å². The molecule has 1 unspecified atom stereocenters. The van der Waals surface area contributed by atoms with Gasteiger partial charge < -0.3 is 9.64 Å². The van der Waals surface area contributed by atoms with Gasteiger partial charge in [0.25, 0.3) is 0 Å². The molecule has 7 nitrogen and oxygen atoms in total. The van der Waals surface area contributed by atoms with Gasteiger partial charge in [0.15, 0.2) is 0 Å². The second-order valence-electron chi connectivity index (χ2n) is 8.77. The Morgan fingerprint density at radius 1 is 1.10 bits per heavy atom. The van der Waals surface area contributed by atoms with Crippen LogP contribution in [-0.2, 0) is 14.8 Å². The van der Waals surface area contributed by atoms with Crippen molar-refractivity contribution in [2.75, 3.05) is 30.9 Å². The summed E-state index contributed by atoms with van der Waals surface area (Å²) in [4.78, 5) is 10.9. The second-order valence-corrected chi connectivity index (χ2v) is 10.6. The zero-order chi connectivity index (χ0) is 21.7. The molecule has 2 aromatic rings. The number of nitrogens with zero attached hydrogens (tertiary/aromatic N) is 3. The van der Waals surface area contributed by atoms with E-state index in [0.29, 0.717) is 12.5 Å². The highest BCUT2D eigenvalue weighted by Gasteiger charge is 2.33. The van der Waals surface area contributed by atoms with Crippen molar-refractivity contribution < 1.29 is 13.2 Å². The fourth-order valence-electron chi connectivity index (χ4n) is 4.82. The van der Waals surface area contributed by atoms with Gasteiger partial charge in [-0.05, 0) is 61.8 Å². The Bertz CT molecular complexity index is 918. The van der Waals surface area contributed by atoms with Crippen LogP contribution in [0.2, 0.25) is 0 Å². The first kappa shape index (κ1) is 22.2. The normalized spacial score (nSPS) is 27.2. The quantitative estimate of drug-likeness (QED) is 0.707. The molecule has 168 valence electrons.